The second kappa shape index (κ2) is 21.2. The quantitative estimate of drug-likeness (QED) is 0.197. The van der Waals surface area contributed by atoms with Gasteiger partial charge in [0.1, 0.15) is 0 Å². The molecule has 0 aromatic carbocycles. The van der Waals surface area contributed by atoms with Crippen molar-refractivity contribution in [1.82, 2.24) is 5.32 Å². The van der Waals surface area contributed by atoms with E-state index in [9.17, 15) is 0 Å². The number of hydrogen-bond donors (Lipinski definition) is 1. The SMILES string of the molecule is CCCCCCCCCCCCCCCCCCNCCCl. The Labute approximate surface area is 146 Å². The molecule has 0 aliphatic carbocycles. The third-order valence-corrected chi connectivity index (χ3v) is 4.67. The molecule has 0 unspecified atom stereocenters. The summed E-state index contributed by atoms with van der Waals surface area (Å²) in [7, 11) is 0. The Morgan fingerprint density at radius 1 is 0.500 bits per heavy atom. The molecule has 1 N–H and O–H groups in total. The lowest BCUT2D eigenvalue weighted by Gasteiger charge is -2.04. The van der Waals surface area contributed by atoms with Crippen LogP contribution < -0.4 is 5.32 Å². The molecule has 2 heteroatoms. The van der Waals surface area contributed by atoms with Crippen LogP contribution in [0.15, 0.2) is 0 Å². The second-order valence-corrected chi connectivity index (χ2v) is 7.12. The molecule has 0 aliphatic rings. The van der Waals surface area contributed by atoms with Gasteiger partial charge in [-0.3, -0.25) is 0 Å². The molecule has 0 amide bonds. The molecule has 0 saturated carbocycles. The van der Waals surface area contributed by atoms with Crippen molar-refractivity contribution in [3.63, 3.8) is 0 Å². The van der Waals surface area contributed by atoms with Gasteiger partial charge in [-0.1, -0.05) is 103 Å². The van der Waals surface area contributed by atoms with E-state index >= 15 is 0 Å². The molecule has 0 rings (SSSR count). The van der Waals surface area contributed by atoms with E-state index in [0.717, 1.165) is 19.0 Å². The van der Waals surface area contributed by atoms with E-state index < -0.39 is 0 Å². The smallest absolute Gasteiger partial charge is 0.0348 e. The van der Waals surface area contributed by atoms with Crippen molar-refractivity contribution in [2.45, 2.75) is 110 Å². The molecule has 0 bridgehead atoms. The fourth-order valence-electron chi connectivity index (χ4n) is 2.99. The first-order valence-electron chi connectivity index (χ1n) is 10.2. The standard InChI is InChI=1S/C20H42ClN/c1-2-3-4-5-6-7-8-9-10-11-12-13-14-15-16-17-19-22-20-18-21/h22H,2-20H2,1H3. The van der Waals surface area contributed by atoms with Gasteiger partial charge in [-0.15, -0.1) is 11.6 Å². The molecule has 0 atom stereocenters. The summed E-state index contributed by atoms with van der Waals surface area (Å²) in [5.74, 6) is 0.735. The summed E-state index contributed by atoms with van der Waals surface area (Å²) in [4.78, 5) is 0. The fraction of sp³-hybridized carbons (Fsp3) is 1.00. The van der Waals surface area contributed by atoms with Gasteiger partial charge >= 0.3 is 0 Å². The maximum absolute atomic E-state index is 5.62. The predicted octanol–water partition coefficient (Wildman–Crippen LogP) is 7.08. The third-order valence-electron chi connectivity index (χ3n) is 4.48. The average Bonchev–Trinajstić information content (AvgIpc) is 2.54. The normalized spacial score (nSPS) is 11.2. The molecule has 134 valence electrons. The van der Waals surface area contributed by atoms with E-state index in [0.29, 0.717) is 0 Å². The van der Waals surface area contributed by atoms with Crippen LogP contribution >= 0.6 is 11.6 Å². The fourth-order valence-corrected chi connectivity index (χ4v) is 3.12. The van der Waals surface area contributed by atoms with Gasteiger partial charge in [0.05, 0.1) is 0 Å². The number of hydrogen-bond acceptors (Lipinski definition) is 1. The van der Waals surface area contributed by atoms with Gasteiger partial charge in [-0.25, -0.2) is 0 Å². The zero-order valence-corrected chi connectivity index (χ0v) is 16.1. The molecule has 0 radical (unpaired) electrons. The zero-order chi connectivity index (χ0) is 16.1. The van der Waals surface area contributed by atoms with Crippen molar-refractivity contribution in [2.24, 2.45) is 0 Å². The molecule has 1 nitrogen and oxygen atoms in total. The molecular weight excluding hydrogens is 290 g/mol. The number of nitrogens with one attached hydrogen (secondary N) is 1. The van der Waals surface area contributed by atoms with Crippen molar-refractivity contribution >= 4 is 11.6 Å². The number of unbranched alkanes of at least 4 members (excludes halogenated alkanes) is 15. The summed E-state index contributed by atoms with van der Waals surface area (Å²) in [5.41, 5.74) is 0. The van der Waals surface area contributed by atoms with E-state index in [1.807, 2.05) is 0 Å². The van der Waals surface area contributed by atoms with E-state index in [1.54, 1.807) is 0 Å². The van der Waals surface area contributed by atoms with Crippen LogP contribution in [-0.2, 0) is 0 Å². The summed E-state index contributed by atoms with van der Waals surface area (Å²) < 4.78 is 0. The Hall–Kier alpha value is 0.250. The number of rotatable bonds is 19. The van der Waals surface area contributed by atoms with Crippen LogP contribution in [0.2, 0.25) is 0 Å². The first-order valence-corrected chi connectivity index (χ1v) is 10.7. The monoisotopic (exact) mass is 331 g/mol. The highest BCUT2D eigenvalue weighted by Gasteiger charge is 1.94. The van der Waals surface area contributed by atoms with E-state index in [-0.39, 0.29) is 0 Å². The topological polar surface area (TPSA) is 12.0 Å². The van der Waals surface area contributed by atoms with Crippen molar-refractivity contribution in [3.8, 4) is 0 Å². The summed E-state index contributed by atoms with van der Waals surface area (Å²) in [6.07, 6.45) is 23.0. The average molecular weight is 332 g/mol. The highest BCUT2D eigenvalue weighted by atomic mass is 35.5. The highest BCUT2D eigenvalue weighted by Crippen LogP contribution is 2.13. The van der Waals surface area contributed by atoms with Crippen molar-refractivity contribution in [2.75, 3.05) is 19.0 Å². The molecule has 22 heavy (non-hydrogen) atoms. The minimum atomic E-state index is 0.735. The first-order chi connectivity index (χ1) is 10.9. The van der Waals surface area contributed by atoms with Gasteiger partial charge < -0.3 is 5.32 Å². The van der Waals surface area contributed by atoms with Gasteiger partial charge in [0, 0.05) is 12.4 Å². The Morgan fingerprint density at radius 2 is 0.864 bits per heavy atom. The largest absolute Gasteiger partial charge is 0.316 e. The zero-order valence-electron chi connectivity index (χ0n) is 15.3. The van der Waals surface area contributed by atoms with Crippen molar-refractivity contribution in [3.05, 3.63) is 0 Å². The first kappa shape index (κ1) is 22.2. The molecule has 0 aromatic rings. The lowest BCUT2D eigenvalue weighted by atomic mass is 10.0. The maximum atomic E-state index is 5.62. The van der Waals surface area contributed by atoms with Crippen LogP contribution in [0.4, 0.5) is 0 Å². The third kappa shape index (κ3) is 20.2. The molecule has 0 heterocycles. The van der Waals surface area contributed by atoms with Gasteiger partial charge in [0.25, 0.3) is 0 Å². The molecular formula is C20H42ClN. The van der Waals surface area contributed by atoms with Crippen LogP contribution in [0, 0.1) is 0 Å². The van der Waals surface area contributed by atoms with Crippen LogP contribution in [-0.4, -0.2) is 19.0 Å². The Bertz CT molecular complexity index is 165. The lowest BCUT2D eigenvalue weighted by molar-refractivity contribution is 0.526. The van der Waals surface area contributed by atoms with Gasteiger partial charge in [-0.2, -0.15) is 0 Å². The van der Waals surface area contributed by atoms with E-state index in [2.05, 4.69) is 12.2 Å². The Balaban J connectivity index is 2.91. The van der Waals surface area contributed by atoms with Gasteiger partial charge in [0.2, 0.25) is 0 Å². The summed E-state index contributed by atoms with van der Waals surface area (Å²) in [5, 5.41) is 3.35. The van der Waals surface area contributed by atoms with Crippen molar-refractivity contribution in [1.29, 1.82) is 0 Å². The van der Waals surface area contributed by atoms with Crippen LogP contribution in [0.1, 0.15) is 110 Å². The molecule has 0 spiro atoms. The highest BCUT2D eigenvalue weighted by molar-refractivity contribution is 6.18. The van der Waals surface area contributed by atoms with Gasteiger partial charge in [-0.05, 0) is 13.0 Å². The maximum Gasteiger partial charge on any atom is 0.0348 e. The number of halogens is 1. The minimum absolute atomic E-state index is 0.735. The summed E-state index contributed by atoms with van der Waals surface area (Å²) >= 11 is 5.62. The van der Waals surface area contributed by atoms with Crippen molar-refractivity contribution < 1.29 is 0 Å². The van der Waals surface area contributed by atoms with Gasteiger partial charge in [0.15, 0.2) is 0 Å². The lowest BCUT2D eigenvalue weighted by Crippen LogP contribution is -2.17. The molecule has 0 fully saturated rings. The summed E-state index contributed by atoms with van der Waals surface area (Å²) in [6.45, 7) is 4.39. The van der Waals surface area contributed by atoms with Crippen LogP contribution in [0.5, 0.6) is 0 Å². The number of alkyl halides is 1. The second-order valence-electron chi connectivity index (χ2n) is 6.74. The predicted molar refractivity (Wildman–Crippen MR) is 103 cm³/mol. The molecule has 0 aromatic heterocycles. The summed E-state index contributed by atoms with van der Waals surface area (Å²) in [6, 6.07) is 0. The minimum Gasteiger partial charge on any atom is -0.316 e. The van der Waals surface area contributed by atoms with E-state index in [4.69, 9.17) is 11.6 Å². The van der Waals surface area contributed by atoms with Crippen LogP contribution in [0.25, 0.3) is 0 Å². The molecule has 0 aliphatic heterocycles. The molecule has 0 saturated heterocycles. The Morgan fingerprint density at radius 3 is 1.23 bits per heavy atom. The Kier molecular flexibility index (Phi) is 21.5. The van der Waals surface area contributed by atoms with Crippen LogP contribution in [0.3, 0.4) is 0 Å². The van der Waals surface area contributed by atoms with E-state index in [1.165, 1.54) is 103 Å².